The van der Waals surface area contributed by atoms with E-state index in [1.807, 2.05) is 30.5 Å². The van der Waals surface area contributed by atoms with Gasteiger partial charge in [-0.05, 0) is 42.7 Å². The minimum atomic E-state index is -0.0740. The monoisotopic (exact) mass is 280 g/mol. The van der Waals surface area contributed by atoms with Crippen molar-refractivity contribution >= 4 is 23.4 Å². The summed E-state index contributed by atoms with van der Waals surface area (Å²) in [6.07, 6.45) is 2.02. The quantitative estimate of drug-likeness (QED) is 0.845. The highest BCUT2D eigenvalue weighted by atomic mass is 35.5. The van der Waals surface area contributed by atoms with Gasteiger partial charge in [0, 0.05) is 15.5 Å². The maximum atomic E-state index is 9.24. The average molecular weight is 281 g/mol. The summed E-state index contributed by atoms with van der Waals surface area (Å²) in [5, 5.41) is 9.83. The first-order chi connectivity index (χ1) is 8.72. The van der Waals surface area contributed by atoms with E-state index in [1.54, 1.807) is 30.0 Å². The Morgan fingerprint density at radius 2 is 1.89 bits per heavy atom. The molecule has 0 heterocycles. The lowest BCUT2D eigenvalue weighted by molar-refractivity contribution is 0.276. The maximum absolute atomic E-state index is 9.24. The van der Waals surface area contributed by atoms with E-state index in [0.717, 1.165) is 5.75 Å². The number of halogens is 1. The Kier molecular flexibility index (Phi) is 4.53. The van der Waals surface area contributed by atoms with E-state index < -0.39 is 0 Å². The molecule has 0 aliphatic carbocycles. The van der Waals surface area contributed by atoms with Crippen LogP contribution in [0.5, 0.6) is 11.5 Å². The van der Waals surface area contributed by atoms with Crippen LogP contribution in [0.4, 0.5) is 0 Å². The molecule has 0 aromatic heterocycles. The summed E-state index contributed by atoms with van der Waals surface area (Å²) < 4.78 is 5.73. The number of rotatable bonds is 4. The Balaban J connectivity index is 2.24. The largest absolute Gasteiger partial charge is 0.457 e. The van der Waals surface area contributed by atoms with Gasteiger partial charge in [-0.3, -0.25) is 0 Å². The van der Waals surface area contributed by atoms with Crippen molar-refractivity contribution in [3.63, 3.8) is 0 Å². The van der Waals surface area contributed by atoms with E-state index >= 15 is 0 Å². The van der Waals surface area contributed by atoms with Gasteiger partial charge < -0.3 is 9.84 Å². The summed E-state index contributed by atoms with van der Waals surface area (Å²) >= 11 is 7.60. The highest BCUT2D eigenvalue weighted by Crippen LogP contribution is 2.29. The van der Waals surface area contributed by atoms with E-state index in [0.29, 0.717) is 16.3 Å². The molecular weight excluding hydrogens is 268 g/mol. The van der Waals surface area contributed by atoms with Gasteiger partial charge in [0.1, 0.15) is 11.5 Å². The summed E-state index contributed by atoms with van der Waals surface area (Å²) in [4.78, 5) is 1.18. The van der Waals surface area contributed by atoms with Gasteiger partial charge in [-0.25, -0.2) is 0 Å². The van der Waals surface area contributed by atoms with Gasteiger partial charge in [0.25, 0.3) is 0 Å². The van der Waals surface area contributed by atoms with Crippen LogP contribution in [-0.2, 0) is 6.61 Å². The SMILES string of the molecule is CSc1ccc(Oc2cc(Cl)ccc2CO)cc1. The van der Waals surface area contributed by atoms with Crippen LogP contribution in [0.25, 0.3) is 0 Å². The first kappa shape index (κ1) is 13.3. The third-order valence-electron chi connectivity index (χ3n) is 2.49. The van der Waals surface area contributed by atoms with Crippen LogP contribution in [0.15, 0.2) is 47.4 Å². The lowest BCUT2D eigenvalue weighted by Gasteiger charge is -2.10. The molecule has 2 aromatic rings. The van der Waals surface area contributed by atoms with Gasteiger partial charge in [-0.2, -0.15) is 0 Å². The van der Waals surface area contributed by atoms with Crippen molar-refractivity contribution in [1.29, 1.82) is 0 Å². The van der Waals surface area contributed by atoms with Crippen molar-refractivity contribution in [2.75, 3.05) is 6.26 Å². The molecular formula is C14H13ClO2S. The average Bonchev–Trinajstić information content (AvgIpc) is 2.40. The zero-order valence-electron chi connectivity index (χ0n) is 9.89. The van der Waals surface area contributed by atoms with Gasteiger partial charge in [0.05, 0.1) is 6.61 Å². The molecule has 0 radical (unpaired) electrons. The van der Waals surface area contributed by atoms with E-state index in [9.17, 15) is 5.11 Å². The Labute approximate surface area is 116 Å². The van der Waals surface area contributed by atoms with Crippen molar-refractivity contribution in [2.24, 2.45) is 0 Å². The molecule has 0 bridgehead atoms. The van der Waals surface area contributed by atoms with Crippen LogP contribution in [0, 0.1) is 0 Å². The van der Waals surface area contributed by atoms with Crippen LogP contribution in [0.2, 0.25) is 5.02 Å². The summed E-state index contributed by atoms with van der Waals surface area (Å²) in [5.74, 6) is 1.31. The van der Waals surface area contributed by atoms with Gasteiger partial charge in [0.15, 0.2) is 0 Å². The molecule has 0 amide bonds. The fraction of sp³-hybridized carbons (Fsp3) is 0.143. The molecule has 2 nitrogen and oxygen atoms in total. The standard InChI is InChI=1S/C14H13ClO2S/c1-18-13-6-4-12(5-7-13)17-14-8-11(15)3-2-10(14)9-16/h2-8,16H,9H2,1H3. The predicted octanol–water partition coefficient (Wildman–Crippen LogP) is 4.35. The van der Waals surface area contributed by atoms with Crippen molar-refractivity contribution in [3.05, 3.63) is 53.1 Å². The smallest absolute Gasteiger partial charge is 0.134 e. The third kappa shape index (κ3) is 3.19. The molecule has 2 rings (SSSR count). The molecule has 2 aromatic carbocycles. The van der Waals surface area contributed by atoms with E-state index in [-0.39, 0.29) is 6.61 Å². The van der Waals surface area contributed by atoms with Crippen molar-refractivity contribution in [2.45, 2.75) is 11.5 Å². The van der Waals surface area contributed by atoms with E-state index in [1.165, 1.54) is 4.90 Å². The first-order valence-electron chi connectivity index (χ1n) is 5.44. The number of aliphatic hydroxyl groups excluding tert-OH is 1. The summed E-state index contributed by atoms with van der Waals surface area (Å²) in [5.41, 5.74) is 0.716. The van der Waals surface area contributed by atoms with Gasteiger partial charge >= 0.3 is 0 Å². The molecule has 0 unspecified atom stereocenters. The zero-order chi connectivity index (χ0) is 13.0. The summed E-state index contributed by atoms with van der Waals surface area (Å²) in [7, 11) is 0. The van der Waals surface area contributed by atoms with Gasteiger partial charge in [-0.1, -0.05) is 17.7 Å². The Hall–Kier alpha value is -1.16. The Morgan fingerprint density at radius 3 is 2.50 bits per heavy atom. The van der Waals surface area contributed by atoms with Crippen molar-refractivity contribution in [1.82, 2.24) is 0 Å². The molecule has 0 spiro atoms. The zero-order valence-corrected chi connectivity index (χ0v) is 11.5. The molecule has 0 atom stereocenters. The molecule has 0 aliphatic rings. The Bertz CT molecular complexity index is 526. The van der Waals surface area contributed by atoms with Crippen LogP contribution in [0.3, 0.4) is 0 Å². The minimum absolute atomic E-state index is 0.0740. The normalized spacial score (nSPS) is 10.4. The lowest BCUT2D eigenvalue weighted by atomic mass is 10.2. The number of hydrogen-bond donors (Lipinski definition) is 1. The number of ether oxygens (including phenoxy) is 1. The van der Waals surface area contributed by atoms with Gasteiger partial charge in [-0.15, -0.1) is 11.8 Å². The fourth-order valence-corrected chi connectivity index (χ4v) is 2.10. The maximum Gasteiger partial charge on any atom is 0.134 e. The van der Waals surface area contributed by atoms with E-state index in [2.05, 4.69) is 0 Å². The molecule has 4 heteroatoms. The highest BCUT2D eigenvalue weighted by Gasteiger charge is 2.05. The lowest BCUT2D eigenvalue weighted by Crippen LogP contribution is -1.91. The highest BCUT2D eigenvalue weighted by molar-refractivity contribution is 7.98. The number of hydrogen-bond acceptors (Lipinski definition) is 3. The van der Waals surface area contributed by atoms with Crippen LogP contribution >= 0.6 is 23.4 Å². The molecule has 18 heavy (non-hydrogen) atoms. The second kappa shape index (κ2) is 6.14. The molecule has 94 valence electrons. The first-order valence-corrected chi connectivity index (χ1v) is 7.04. The number of aliphatic hydroxyl groups is 1. The summed E-state index contributed by atoms with van der Waals surface area (Å²) in [6, 6.07) is 13.0. The van der Waals surface area contributed by atoms with Crippen LogP contribution in [-0.4, -0.2) is 11.4 Å². The molecule has 0 aliphatic heterocycles. The number of thioether (sulfide) groups is 1. The third-order valence-corrected chi connectivity index (χ3v) is 3.47. The van der Waals surface area contributed by atoms with Crippen molar-refractivity contribution < 1.29 is 9.84 Å². The number of benzene rings is 2. The summed E-state index contributed by atoms with van der Waals surface area (Å²) in [6.45, 7) is -0.0740. The Morgan fingerprint density at radius 1 is 1.17 bits per heavy atom. The second-order valence-corrected chi connectivity index (χ2v) is 5.00. The molecule has 0 saturated carbocycles. The molecule has 0 saturated heterocycles. The fourth-order valence-electron chi connectivity index (χ4n) is 1.52. The minimum Gasteiger partial charge on any atom is -0.457 e. The molecule has 1 N–H and O–H groups in total. The van der Waals surface area contributed by atoms with E-state index in [4.69, 9.17) is 16.3 Å². The van der Waals surface area contributed by atoms with Crippen LogP contribution < -0.4 is 4.74 Å². The van der Waals surface area contributed by atoms with Crippen LogP contribution in [0.1, 0.15) is 5.56 Å². The predicted molar refractivity (Wildman–Crippen MR) is 75.7 cm³/mol. The van der Waals surface area contributed by atoms with Crippen molar-refractivity contribution in [3.8, 4) is 11.5 Å². The topological polar surface area (TPSA) is 29.5 Å². The second-order valence-electron chi connectivity index (χ2n) is 3.69. The molecule has 0 fully saturated rings. The van der Waals surface area contributed by atoms with Gasteiger partial charge in [0.2, 0.25) is 0 Å².